The van der Waals surface area contributed by atoms with E-state index in [1.54, 1.807) is 47.6 Å². The van der Waals surface area contributed by atoms with Gasteiger partial charge in [-0.2, -0.15) is 13.2 Å². The highest BCUT2D eigenvalue weighted by molar-refractivity contribution is 6.62. The monoisotopic (exact) mass is 315 g/mol. The Bertz CT molecular complexity index is 554. The van der Waals surface area contributed by atoms with Crippen molar-refractivity contribution in [3.05, 3.63) is 23.5 Å². The summed E-state index contributed by atoms with van der Waals surface area (Å²) in [6.07, 6.45) is -4.55. The number of alkyl halides is 3. The van der Waals surface area contributed by atoms with Crippen LogP contribution in [-0.4, -0.2) is 23.3 Å². The van der Waals surface area contributed by atoms with E-state index in [-0.39, 0.29) is 11.4 Å². The molecule has 22 heavy (non-hydrogen) atoms. The molecular formula is C15H21BF3NO2. The quantitative estimate of drug-likeness (QED) is 0.783. The second-order valence-electron chi connectivity index (χ2n) is 6.91. The van der Waals surface area contributed by atoms with Gasteiger partial charge in [-0.25, -0.2) is 4.98 Å². The lowest BCUT2D eigenvalue weighted by molar-refractivity contribution is -0.140. The van der Waals surface area contributed by atoms with Crippen molar-refractivity contribution in [1.29, 1.82) is 0 Å². The minimum absolute atomic E-state index is 0.0736. The van der Waals surface area contributed by atoms with Gasteiger partial charge in [0.2, 0.25) is 0 Å². The van der Waals surface area contributed by atoms with Crippen LogP contribution in [0, 0.1) is 0 Å². The topological polar surface area (TPSA) is 31.4 Å². The molecule has 122 valence electrons. The number of hydrogen-bond donors (Lipinski definition) is 0. The lowest BCUT2D eigenvalue weighted by Crippen LogP contribution is -2.41. The Morgan fingerprint density at radius 1 is 1.05 bits per heavy atom. The van der Waals surface area contributed by atoms with Gasteiger partial charge in [0, 0.05) is 11.2 Å². The van der Waals surface area contributed by atoms with Gasteiger partial charge in [-0.3, -0.25) is 0 Å². The summed E-state index contributed by atoms with van der Waals surface area (Å²) in [5.41, 5.74) is -2.01. The summed E-state index contributed by atoms with van der Waals surface area (Å²) in [4.78, 5) is 3.80. The third-order valence-corrected chi connectivity index (χ3v) is 4.32. The van der Waals surface area contributed by atoms with Crippen molar-refractivity contribution in [2.75, 3.05) is 0 Å². The first-order valence-corrected chi connectivity index (χ1v) is 7.29. The first-order chi connectivity index (χ1) is 9.85. The Morgan fingerprint density at radius 2 is 1.55 bits per heavy atom. The molecule has 1 aliphatic heterocycles. The van der Waals surface area contributed by atoms with Crippen LogP contribution in [0.3, 0.4) is 0 Å². The molecule has 0 N–H and O–H groups in total. The van der Waals surface area contributed by atoms with Gasteiger partial charge in [0.25, 0.3) is 0 Å². The average Bonchev–Trinajstić information content (AvgIpc) is 2.56. The number of aromatic nitrogens is 1. The normalized spacial score (nSPS) is 20.7. The fourth-order valence-electron chi connectivity index (χ4n) is 2.19. The van der Waals surface area contributed by atoms with Crippen LogP contribution in [0.5, 0.6) is 0 Å². The highest BCUT2D eigenvalue weighted by Gasteiger charge is 2.54. The smallest absolute Gasteiger partial charge is 0.399 e. The van der Waals surface area contributed by atoms with Crippen LogP contribution in [0.25, 0.3) is 0 Å². The molecule has 7 heteroatoms. The number of nitrogens with zero attached hydrogens (tertiary/aromatic N) is 1. The summed E-state index contributed by atoms with van der Waals surface area (Å²) in [5, 5.41) is 0. The summed E-state index contributed by atoms with van der Waals surface area (Å²) in [5.74, 6) is -0.0894. The van der Waals surface area contributed by atoms with Crippen molar-refractivity contribution < 1.29 is 22.5 Å². The minimum Gasteiger partial charge on any atom is -0.399 e. The molecule has 0 saturated carbocycles. The van der Waals surface area contributed by atoms with Crippen LogP contribution in [0.1, 0.15) is 58.8 Å². The van der Waals surface area contributed by atoms with Gasteiger partial charge in [0.1, 0.15) is 5.69 Å². The molecule has 0 unspecified atom stereocenters. The van der Waals surface area contributed by atoms with E-state index in [9.17, 15) is 13.2 Å². The molecule has 1 fully saturated rings. The van der Waals surface area contributed by atoms with Crippen LogP contribution < -0.4 is 5.46 Å². The van der Waals surface area contributed by atoms with Gasteiger partial charge in [-0.05, 0) is 39.7 Å². The molecule has 0 atom stereocenters. The molecule has 1 saturated heterocycles. The first-order valence-electron chi connectivity index (χ1n) is 7.29. The van der Waals surface area contributed by atoms with Crippen molar-refractivity contribution in [3.8, 4) is 0 Å². The van der Waals surface area contributed by atoms with E-state index in [0.717, 1.165) is 0 Å². The SMILES string of the molecule is CC(C)c1ccc(B2OC(C)(C)C(C)(C)O2)c(C(F)(F)F)n1. The molecule has 1 aromatic rings. The Labute approximate surface area is 129 Å². The fourth-order valence-corrected chi connectivity index (χ4v) is 2.19. The summed E-state index contributed by atoms with van der Waals surface area (Å²) >= 11 is 0. The van der Waals surface area contributed by atoms with Gasteiger partial charge in [-0.15, -0.1) is 0 Å². The van der Waals surface area contributed by atoms with Crippen molar-refractivity contribution in [2.45, 2.75) is 64.8 Å². The van der Waals surface area contributed by atoms with Gasteiger partial charge in [0.05, 0.1) is 11.2 Å². The van der Waals surface area contributed by atoms with Crippen LogP contribution in [0.15, 0.2) is 12.1 Å². The van der Waals surface area contributed by atoms with Crippen LogP contribution in [0.4, 0.5) is 13.2 Å². The van der Waals surface area contributed by atoms with E-state index in [1.807, 2.05) is 0 Å². The van der Waals surface area contributed by atoms with Crippen LogP contribution in [0.2, 0.25) is 0 Å². The van der Waals surface area contributed by atoms with Crippen molar-refractivity contribution in [1.82, 2.24) is 4.98 Å². The predicted molar refractivity (Wildman–Crippen MR) is 79.0 cm³/mol. The number of hydrogen-bond acceptors (Lipinski definition) is 3. The van der Waals surface area contributed by atoms with Crippen LogP contribution in [-0.2, 0) is 15.5 Å². The molecule has 1 aromatic heterocycles. The molecular weight excluding hydrogens is 294 g/mol. The Kier molecular flexibility index (Phi) is 4.11. The van der Waals surface area contributed by atoms with E-state index >= 15 is 0 Å². The second kappa shape index (κ2) is 5.23. The number of pyridine rings is 1. The minimum atomic E-state index is -4.55. The largest absolute Gasteiger partial charge is 0.497 e. The highest BCUT2D eigenvalue weighted by atomic mass is 19.4. The lowest BCUT2D eigenvalue weighted by Gasteiger charge is -2.32. The lowest BCUT2D eigenvalue weighted by atomic mass is 9.77. The second-order valence-corrected chi connectivity index (χ2v) is 6.91. The standard InChI is InChI=1S/C15H21BF3NO2/c1-9(2)11-8-7-10(12(20-11)15(17,18)19)16-21-13(3,4)14(5,6)22-16/h7-9H,1-6H3. The summed E-state index contributed by atoms with van der Waals surface area (Å²) in [7, 11) is -1.07. The average molecular weight is 315 g/mol. The third-order valence-electron chi connectivity index (χ3n) is 4.32. The van der Waals surface area contributed by atoms with E-state index < -0.39 is 30.2 Å². The Hall–Kier alpha value is -1.08. The predicted octanol–water partition coefficient (Wildman–Crippen LogP) is 3.52. The Morgan fingerprint density at radius 3 is 1.95 bits per heavy atom. The van der Waals surface area contributed by atoms with Crippen LogP contribution >= 0.6 is 0 Å². The molecule has 2 rings (SSSR count). The highest BCUT2D eigenvalue weighted by Crippen LogP contribution is 2.38. The molecule has 0 aliphatic carbocycles. The molecule has 0 bridgehead atoms. The third kappa shape index (κ3) is 3.01. The first kappa shape index (κ1) is 17.3. The maximum Gasteiger partial charge on any atom is 0.497 e. The molecule has 2 heterocycles. The van der Waals surface area contributed by atoms with Crippen molar-refractivity contribution >= 4 is 12.6 Å². The molecule has 0 spiro atoms. The summed E-state index contributed by atoms with van der Waals surface area (Å²) in [6.45, 7) is 10.8. The molecule has 1 aliphatic rings. The van der Waals surface area contributed by atoms with Gasteiger partial charge < -0.3 is 9.31 Å². The summed E-state index contributed by atoms with van der Waals surface area (Å²) in [6, 6.07) is 3.01. The maximum absolute atomic E-state index is 13.4. The van der Waals surface area contributed by atoms with Gasteiger partial charge in [-0.1, -0.05) is 19.9 Å². The van der Waals surface area contributed by atoms with E-state index in [4.69, 9.17) is 9.31 Å². The van der Waals surface area contributed by atoms with Crippen molar-refractivity contribution in [3.63, 3.8) is 0 Å². The zero-order valence-electron chi connectivity index (χ0n) is 13.7. The molecule has 0 radical (unpaired) electrons. The number of rotatable bonds is 2. The van der Waals surface area contributed by atoms with E-state index in [2.05, 4.69) is 4.98 Å². The van der Waals surface area contributed by atoms with Crippen molar-refractivity contribution in [2.24, 2.45) is 0 Å². The van der Waals surface area contributed by atoms with Gasteiger partial charge >= 0.3 is 13.3 Å². The zero-order chi connectivity index (χ0) is 16.9. The molecule has 3 nitrogen and oxygen atoms in total. The Balaban J connectivity index is 2.48. The zero-order valence-corrected chi connectivity index (χ0v) is 13.7. The fraction of sp³-hybridized carbons (Fsp3) is 0.667. The molecule has 0 aromatic carbocycles. The number of halogens is 3. The molecule has 0 amide bonds. The van der Waals surface area contributed by atoms with E-state index in [1.165, 1.54) is 6.07 Å². The van der Waals surface area contributed by atoms with E-state index in [0.29, 0.717) is 5.69 Å². The summed E-state index contributed by atoms with van der Waals surface area (Å²) < 4.78 is 51.5. The van der Waals surface area contributed by atoms with Gasteiger partial charge in [0.15, 0.2) is 0 Å². The maximum atomic E-state index is 13.4.